The third-order valence-electron chi connectivity index (χ3n) is 6.15. The van der Waals surface area contributed by atoms with Crippen molar-refractivity contribution in [1.29, 1.82) is 0 Å². The zero-order chi connectivity index (χ0) is 25.5. The van der Waals surface area contributed by atoms with E-state index in [1.807, 2.05) is 50.3 Å². The van der Waals surface area contributed by atoms with Crippen LogP contribution in [-0.2, 0) is 38.5 Å². The minimum absolute atomic E-state index is 0.116. The number of phenolic OH excluding ortho intramolecular Hbond substituents is 1. The maximum Gasteiger partial charge on any atom is 0.342 e. The number of rotatable bonds is 10. The first-order chi connectivity index (χ1) is 16.8. The van der Waals surface area contributed by atoms with Crippen LogP contribution in [0, 0.1) is 6.92 Å². The fraction of sp³-hybridized carbons (Fsp3) is 0.370. The van der Waals surface area contributed by atoms with Crippen LogP contribution in [-0.4, -0.2) is 43.2 Å². The van der Waals surface area contributed by atoms with Crippen LogP contribution in [0.2, 0.25) is 0 Å². The lowest BCUT2D eigenvalue weighted by Gasteiger charge is -2.17. The molecule has 1 aliphatic heterocycles. The first-order valence-electron chi connectivity index (χ1n) is 11.4. The fourth-order valence-electron chi connectivity index (χ4n) is 4.17. The minimum atomic E-state index is -0.769. The van der Waals surface area contributed by atoms with E-state index in [-0.39, 0.29) is 30.2 Å². The summed E-state index contributed by atoms with van der Waals surface area (Å²) in [6.07, 6.45) is 3.19. The Morgan fingerprint density at radius 3 is 2.57 bits per heavy atom. The highest BCUT2D eigenvalue weighted by molar-refractivity contribution is 5.98. The van der Waals surface area contributed by atoms with Crippen molar-refractivity contribution in [2.75, 3.05) is 14.2 Å². The third-order valence-corrected chi connectivity index (χ3v) is 6.15. The van der Waals surface area contributed by atoms with Crippen LogP contribution in [0.4, 0.5) is 0 Å². The Morgan fingerprint density at radius 1 is 1.20 bits per heavy atom. The molecule has 0 bridgehead atoms. The van der Waals surface area contributed by atoms with Crippen molar-refractivity contribution in [3.05, 3.63) is 69.8 Å². The van der Waals surface area contributed by atoms with Gasteiger partial charge in [0.15, 0.2) is 0 Å². The van der Waals surface area contributed by atoms with E-state index in [2.05, 4.69) is 5.32 Å². The first kappa shape index (κ1) is 25.8. The number of cyclic esters (lactones) is 1. The monoisotopic (exact) mass is 481 g/mol. The topological polar surface area (TPSA) is 111 Å². The zero-order valence-electron chi connectivity index (χ0n) is 20.5. The number of fused-ring (bicyclic) bond motifs is 1. The average Bonchev–Trinajstić information content (AvgIpc) is 3.25. The average molecular weight is 482 g/mol. The van der Waals surface area contributed by atoms with Crippen LogP contribution in [0.15, 0.2) is 42.0 Å². The van der Waals surface area contributed by atoms with E-state index in [1.54, 1.807) is 0 Å². The first-order valence-corrected chi connectivity index (χ1v) is 11.4. The van der Waals surface area contributed by atoms with E-state index in [1.165, 1.54) is 14.2 Å². The van der Waals surface area contributed by atoms with E-state index >= 15 is 0 Å². The van der Waals surface area contributed by atoms with Crippen LogP contribution in [0.5, 0.6) is 11.5 Å². The largest absolute Gasteiger partial charge is 0.507 e. The molecule has 1 amide bonds. The van der Waals surface area contributed by atoms with Crippen molar-refractivity contribution < 1.29 is 33.7 Å². The molecule has 0 saturated carbocycles. The van der Waals surface area contributed by atoms with E-state index in [9.17, 15) is 19.5 Å². The highest BCUT2D eigenvalue weighted by atomic mass is 16.5. The smallest absolute Gasteiger partial charge is 0.342 e. The van der Waals surface area contributed by atoms with Crippen LogP contribution in [0.25, 0.3) is 0 Å². The lowest BCUT2D eigenvalue weighted by Crippen LogP contribution is -2.43. The Morgan fingerprint density at radius 2 is 1.91 bits per heavy atom. The van der Waals surface area contributed by atoms with Gasteiger partial charge in [0, 0.05) is 24.0 Å². The number of hydrogen-bond donors (Lipinski definition) is 2. The Hall–Kier alpha value is -3.81. The molecule has 8 heteroatoms. The molecule has 2 aromatic rings. The standard InChI is InChI=1S/C27H31NO7/c1-16(10-12-19-24(30)23-20(15-35-27(23)32)17(2)25(19)33-3)11-13-22(29)28-21(26(31)34-4)14-18-8-6-5-7-9-18/h5-10,21,30H,11-15H2,1-4H3,(H,28,29)/b16-10+/t21-/m0/s1. The van der Waals surface area contributed by atoms with Crippen molar-refractivity contribution in [3.8, 4) is 11.5 Å². The van der Waals surface area contributed by atoms with E-state index in [0.717, 1.165) is 16.7 Å². The lowest BCUT2D eigenvalue weighted by atomic mass is 9.94. The molecule has 0 radical (unpaired) electrons. The molecule has 186 valence electrons. The summed E-state index contributed by atoms with van der Waals surface area (Å²) in [7, 11) is 2.81. The van der Waals surface area contributed by atoms with Gasteiger partial charge in [0.25, 0.3) is 0 Å². The summed E-state index contributed by atoms with van der Waals surface area (Å²) in [6, 6.07) is 8.64. The summed E-state index contributed by atoms with van der Waals surface area (Å²) in [5.41, 5.74) is 3.93. The number of methoxy groups -OCH3 is 2. The summed E-state index contributed by atoms with van der Waals surface area (Å²) in [4.78, 5) is 36.8. The second kappa shape index (κ2) is 11.6. The van der Waals surface area contributed by atoms with Crippen molar-refractivity contribution in [2.24, 2.45) is 0 Å². The Kier molecular flexibility index (Phi) is 8.52. The molecular weight excluding hydrogens is 450 g/mol. The van der Waals surface area contributed by atoms with E-state index in [0.29, 0.717) is 36.1 Å². The second-order valence-electron chi connectivity index (χ2n) is 8.50. The van der Waals surface area contributed by atoms with Gasteiger partial charge in [0.2, 0.25) is 5.91 Å². The van der Waals surface area contributed by atoms with Crippen LogP contribution < -0.4 is 10.1 Å². The number of esters is 2. The summed E-state index contributed by atoms with van der Waals surface area (Å²) >= 11 is 0. The molecule has 0 fully saturated rings. The number of hydrogen-bond acceptors (Lipinski definition) is 7. The van der Waals surface area contributed by atoms with E-state index in [4.69, 9.17) is 14.2 Å². The van der Waals surface area contributed by atoms with Crippen molar-refractivity contribution >= 4 is 17.8 Å². The van der Waals surface area contributed by atoms with Gasteiger partial charge in [0.05, 0.1) is 14.2 Å². The van der Waals surface area contributed by atoms with Crippen LogP contribution in [0.1, 0.15) is 52.4 Å². The summed E-state index contributed by atoms with van der Waals surface area (Å²) in [5, 5.41) is 13.5. The Bertz CT molecular complexity index is 1140. The number of nitrogens with one attached hydrogen (secondary N) is 1. The number of ether oxygens (including phenoxy) is 3. The van der Waals surface area contributed by atoms with Gasteiger partial charge in [-0.15, -0.1) is 0 Å². The molecule has 0 aliphatic carbocycles. The molecule has 0 aromatic heterocycles. The number of phenols is 1. The van der Waals surface area contributed by atoms with Crippen LogP contribution in [0.3, 0.4) is 0 Å². The van der Waals surface area contributed by atoms with Gasteiger partial charge in [0.1, 0.15) is 29.7 Å². The molecule has 3 rings (SSSR count). The van der Waals surface area contributed by atoms with Crippen molar-refractivity contribution in [3.63, 3.8) is 0 Å². The molecule has 1 aliphatic rings. The molecule has 2 N–H and O–H groups in total. The molecule has 1 atom stereocenters. The summed E-state index contributed by atoms with van der Waals surface area (Å²) < 4.78 is 15.4. The fourth-order valence-corrected chi connectivity index (χ4v) is 4.17. The summed E-state index contributed by atoms with van der Waals surface area (Å²) in [6.45, 7) is 3.83. The normalized spacial score (nSPS) is 13.6. The number of carbonyl (C=O) groups excluding carboxylic acids is 3. The van der Waals surface area contributed by atoms with Crippen molar-refractivity contribution in [1.82, 2.24) is 5.32 Å². The molecule has 0 saturated heterocycles. The molecule has 0 spiro atoms. The summed E-state index contributed by atoms with van der Waals surface area (Å²) in [5.74, 6) is -0.919. The maximum atomic E-state index is 12.5. The van der Waals surface area contributed by atoms with Gasteiger partial charge >= 0.3 is 11.9 Å². The predicted molar refractivity (Wildman–Crippen MR) is 129 cm³/mol. The quantitative estimate of drug-likeness (QED) is 0.394. The highest BCUT2D eigenvalue weighted by Gasteiger charge is 2.31. The van der Waals surface area contributed by atoms with Gasteiger partial charge in [-0.1, -0.05) is 42.0 Å². The maximum absolute atomic E-state index is 12.5. The Labute approximate surface area is 204 Å². The van der Waals surface area contributed by atoms with E-state index < -0.39 is 18.0 Å². The molecule has 1 heterocycles. The number of benzene rings is 2. The molecule has 2 aromatic carbocycles. The number of aromatic hydroxyl groups is 1. The second-order valence-corrected chi connectivity index (χ2v) is 8.50. The number of carbonyl (C=O) groups is 3. The molecule has 8 nitrogen and oxygen atoms in total. The molecule has 0 unspecified atom stereocenters. The van der Waals surface area contributed by atoms with Crippen molar-refractivity contribution in [2.45, 2.75) is 52.2 Å². The van der Waals surface area contributed by atoms with Gasteiger partial charge < -0.3 is 24.6 Å². The zero-order valence-corrected chi connectivity index (χ0v) is 20.5. The lowest BCUT2D eigenvalue weighted by molar-refractivity contribution is -0.145. The van der Waals surface area contributed by atoms with Gasteiger partial charge in [-0.25, -0.2) is 9.59 Å². The molecule has 35 heavy (non-hydrogen) atoms. The predicted octanol–water partition coefficient (Wildman–Crippen LogP) is 3.55. The number of amides is 1. The van der Waals surface area contributed by atoms with Gasteiger partial charge in [-0.05, 0) is 37.8 Å². The third kappa shape index (κ3) is 6.01. The van der Waals surface area contributed by atoms with Crippen LogP contribution >= 0.6 is 0 Å². The highest BCUT2D eigenvalue weighted by Crippen LogP contribution is 2.42. The van der Waals surface area contributed by atoms with Gasteiger partial charge in [-0.3, -0.25) is 4.79 Å². The minimum Gasteiger partial charge on any atom is -0.507 e. The van der Waals surface area contributed by atoms with Gasteiger partial charge in [-0.2, -0.15) is 0 Å². The number of allylic oxidation sites excluding steroid dienone is 2. The molecular formula is C27H31NO7. The SMILES string of the molecule is COC(=O)[C@H](Cc1ccccc1)NC(=O)CC/C(C)=C/Cc1c(O)c2c(c(C)c1OC)COC2=O. The Balaban J connectivity index is 1.64.